The van der Waals surface area contributed by atoms with Gasteiger partial charge in [-0.1, -0.05) is 75.1 Å². The summed E-state index contributed by atoms with van der Waals surface area (Å²) in [6.07, 6.45) is 6.37. The van der Waals surface area contributed by atoms with Crippen LogP contribution in [0, 0.1) is 0 Å². The highest BCUT2D eigenvalue weighted by molar-refractivity contribution is 5.86. The van der Waals surface area contributed by atoms with Gasteiger partial charge in [-0.15, -0.1) is 0 Å². The molecule has 4 N–H and O–H groups in total. The fourth-order valence-corrected chi connectivity index (χ4v) is 3.26. The predicted octanol–water partition coefficient (Wildman–Crippen LogP) is 4.81. The van der Waals surface area contributed by atoms with E-state index in [0.29, 0.717) is 5.92 Å². The Labute approximate surface area is 135 Å². The quantitative estimate of drug-likeness (QED) is 0.733. The molecule has 0 fully saturated rings. The second kappa shape index (κ2) is 8.30. The highest BCUT2D eigenvalue weighted by Gasteiger charge is 2.27. The van der Waals surface area contributed by atoms with Crippen molar-refractivity contribution in [1.29, 1.82) is 0 Å². The minimum Gasteiger partial charge on any atom is -0.412 e. The second-order valence-electron chi connectivity index (χ2n) is 6.79. The van der Waals surface area contributed by atoms with Crippen LogP contribution in [0.1, 0.15) is 64.4 Å². The molecule has 0 aliphatic heterocycles. The standard InChI is InChI=1S/C20H29N.H2O/c1-4-5-6-7-15-19(20(2,3)21)18-14-10-12-16-11-8-9-13-17(16)18;/h8-14,19H,4-7,15,21H2,1-3H3;1H2. The SMILES string of the molecule is CCCCCCC(c1cccc2ccccc12)C(C)(C)N.O. The largest absolute Gasteiger partial charge is 0.412 e. The first-order chi connectivity index (χ1) is 10.0. The molecule has 2 nitrogen and oxygen atoms in total. The number of hydrogen-bond donors (Lipinski definition) is 1. The Kier molecular flexibility index (Phi) is 7.05. The highest BCUT2D eigenvalue weighted by Crippen LogP contribution is 2.35. The van der Waals surface area contributed by atoms with Crippen LogP contribution in [0.25, 0.3) is 10.8 Å². The molecule has 122 valence electrons. The van der Waals surface area contributed by atoms with Crippen LogP contribution >= 0.6 is 0 Å². The zero-order valence-corrected chi connectivity index (χ0v) is 14.2. The lowest BCUT2D eigenvalue weighted by Crippen LogP contribution is -2.39. The van der Waals surface area contributed by atoms with Crippen LogP contribution in [0.4, 0.5) is 0 Å². The molecule has 0 aliphatic carbocycles. The number of rotatable bonds is 7. The van der Waals surface area contributed by atoms with Crippen LogP contribution in [0.2, 0.25) is 0 Å². The van der Waals surface area contributed by atoms with Gasteiger partial charge >= 0.3 is 0 Å². The molecule has 2 aromatic carbocycles. The Balaban J connectivity index is 0.00000242. The molecule has 0 heterocycles. The number of nitrogens with two attached hydrogens (primary N) is 1. The molecule has 0 spiro atoms. The van der Waals surface area contributed by atoms with Crippen LogP contribution in [-0.4, -0.2) is 11.0 Å². The van der Waals surface area contributed by atoms with Crippen molar-refractivity contribution < 1.29 is 5.48 Å². The molecule has 0 amide bonds. The molecule has 0 radical (unpaired) electrons. The average molecular weight is 301 g/mol. The highest BCUT2D eigenvalue weighted by atomic mass is 16.0. The van der Waals surface area contributed by atoms with Crippen molar-refractivity contribution in [3.63, 3.8) is 0 Å². The summed E-state index contributed by atoms with van der Waals surface area (Å²) in [6.45, 7) is 6.59. The fraction of sp³-hybridized carbons (Fsp3) is 0.500. The fourth-order valence-electron chi connectivity index (χ4n) is 3.26. The molecule has 0 saturated carbocycles. The van der Waals surface area contributed by atoms with Crippen molar-refractivity contribution in [2.45, 2.75) is 64.3 Å². The summed E-state index contributed by atoms with van der Waals surface area (Å²) < 4.78 is 0. The average Bonchev–Trinajstić information content (AvgIpc) is 2.46. The Hall–Kier alpha value is -1.38. The smallest absolute Gasteiger partial charge is 0.0166 e. The molecular formula is C20H31NO. The van der Waals surface area contributed by atoms with E-state index in [0.717, 1.165) is 0 Å². The summed E-state index contributed by atoms with van der Waals surface area (Å²) in [5.74, 6) is 0.417. The third-order valence-electron chi connectivity index (χ3n) is 4.44. The van der Waals surface area contributed by atoms with Gasteiger partial charge in [0.2, 0.25) is 0 Å². The van der Waals surface area contributed by atoms with E-state index in [-0.39, 0.29) is 11.0 Å². The van der Waals surface area contributed by atoms with Gasteiger partial charge in [0, 0.05) is 11.5 Å². The van der Waals surface area contributed by atoms with Crippen molar-refractivity contribution >= 4 is 10.8 Å². The summed E-state index contributed by atoms with van der Waals surface area (Å²) >= 11 is 0. The summed E-state index contributed by atoms with van der Waals surface area (Å²) in [5.41, 5.74) is 7.75. The first-order valence-corrected chi connectivity index (χ1v) is 8.30. The normalized spacial score (nSPS) is 12.9. The number of benzene rings is 2. The van der Waals surface area contributed by atoms with E-state index in [4.69, 9.17) is 5.73 Å². The molecule has 2 aromatic rings. The van der Waals surface area contributed by atoms with E-state index < -0.39 is 0 Å². The van der Waals surface area contributed by atoms with Gasteiger partial charge in [0.25, 0.3) is 0 Å². The van der Waals surface area contributed by atoms with Gasteiger partial charge in [-0.05, 0) is 36.6 Å². The number of hydrogen-bond acceptors (Lipinski definition) is 1. The van der Waals surface area contributed by atoms with Crippen LogP contribution in [0.15, 0.2) is 42.5 Å². The first kappa shape index (κ1) is 18.7. The molecular weight excluding hydrogens is 270 g/mol. The van der Waals surface area contributed by atoms with E-state index in [1.54, 1.807) is 0 Å². The summed E-state index contributed by atoms with van der Waals surface area (Å²) in [4.78, 5) is 0. The molecule has 0 aliphatic rings. The maximum absolute atomic E-state index is 6.52. The minimum absolute atomic E-state index is 0. The maximum Gasteiger partial charge on any atom is 0.0166 e. The predicted molar refractivity (Wildman–Crippen MR) is 97.3 cm³/mol. The lowest BCUT2D eigenvalue weighted by molar-refractivity contribution is 0.379. The van der Waals surface area contributed by atoms with Crippen molar-refractivity contribution in [3.05, 3.63) is 48.0 Å². The maximum atomic E-state index is 6.52. The summed E-state index contributed by atoms with van der Waals surface area (Å²) in [6, 6.07) is 15.3. The molecule has 0 aromatic heterocycles. The molecule has 1 atom stereocenters. The minimum atomic E-state index is -0.184. The molecule has 0 saturated heterocycles. The molecule has 0 bridgehead atoms. The van der Waals surface area contributed by atoms with Crippen LogP contribution in [0.5, 0.6) is 0 Å². The molecule has 22 heavy (non-hydrogen) atoms. The Morgan fingerprint density at radius 1 is 0.955 bits per heavy atom. The van der Waals surface area contributed by atoms with Gasteiger partial charge < -0.3 is 11.2 Å². The van der Waals surface area contributed by atoms with Gasteiger partial charge in [-0.25, -0.2) is 0 Å². The van der Waals surface area contributed by atoms with Crippen molar-refractivity contribution in [2.75, 3.05) is 0 Å². The van der Waals surface area contributed by atoms with Crippen LogP contribution in [0.3, 0.4) is 0 Å². The van der Waals surface area contributed by atoms with Crippen molar-refractivity contribution in [1.82, 2.24) is 0 Å². The third-order valence-corrected chi connectivity index (χ3v) is 4.44. The zero-order chi connectivity index (χ0) is 15.3. The topological polar surface area (TPSA) is 57.5 Å². The lowest BCUT2D eigenvalue weighted by Gasteiger charge is -2.32. The van der Waals surface area contributed by atoms with Gasteiger partial charge in [-0.2, -0.15) is 0 Å². The second-order valence-corrected chi connectivity index (χ2v) is 6.79. The van der Waals surface area contributed by atoms with Crippen molar-refractivity contribution in [2.24, 2.45) is 5.73 Å². The van der Waals surface area contributed by atoms with E-state index >= 15 is 0 Å². The molecule has 2 rings (SSSR count). The lowest BCUT2D eigenvalue weighted by atomic mass is 9.77. The summed E-state index contributed by atoms with van der Waals surface area (Å²) in [5, 5.41) is 2.68. The van der Waals surface area contributed by atoms with E-state index in [9.17, 15) is 0 Å². The van der Waals surface area contributed by atoms with E-state index in [1.165, 1.54) is 48.4 Å². The monoisotopic (exact) mass is 301 g/mol. The third kappa shape index (κ3) is 4.56. The molecule has 2 heteroatoms. The first-order valence-electron chi connectivity index (χ1n) is 8.30. The van der Waals surface area contributed by atoms with Gasteiger partial charge in [0.05, 0.1) is 0 Å². The Morgan fingerprint density at radius 3 is 2.32 bits per heavy atom. The Bertz CT molecular complexity index is 566. The zero-order valence-electron chi connectivity index (χ0n) is 14.2. The van der Waals surface area contributed by atoms with Gasteiger partial charge in [-0.3, -0.25) is 0 Å². The summed E-state index contributed by atoms with van der Waals surface area (Å²) in [7, 11) is 0. The Morgan fingerprint density at radius 2 is 1.64 bits per heavy atom. The number of unbranched alkanes of at least 4 members (excludes halogenated alkanes) is 3. The van der Waals surface area contributed by atoms with E-state index in [2.05, 4.69) is 63.2 Å². The van der Waals surface area contributed by atoms with Gasteiger partial charge in [0.1, 0.15) is 0 Å². The molecule has 1 unspecified atom stereocenters. The van der Waals surface area contributed by atoms with Gasteiger partial charge in [0.15, 0.2) is 0 Å². The van der Waals surface area contributed by atoms with Crippen LogP contribution in [-0.2, 0) is 0 Å². The number of fused-ring (bicyclic) bond motifs is 1. The van der Waals surface area contributed by atoms with E-state index in [1.807, 2.05) is 0 Å². The van der Waals surface area contributed by atoms with Crippen LogP contribution < -0.4 is 5.73 Å². The van der Waals surface area contributed by atoms with Crippen molar-refractivity contribution in [3.8, 4) is 0 Å².